The van der Waals surface area contributed by atoms with Gasteiger partial charge in [0.1, 0.15) is 5.00 Å². The zero-order valence-corrected chi connectivity index (χ0v) is 19.1. The number of ether oxygens (including phenoxy) is 1. The molecule has 0 spiro atoms. The molecule has 10 heteroatoms. The van der Waals surface area contributed by atoms with E-state index in [-0.39, 0.29) is 30.2 Å². The molecular weight excluding hydrogens is 444 g/mol. The molecule has 0 radical (unpaired) electrons. The van der Waals surface area contributed by atoms with Gasteiger partial charge >= 0.3 is 0 Å². The third-order valence-electron chi connectivity index (χ3n) is 4.24. The van der Waals surface area contributed by atoms with E-state index in [2.05, 4.69) is 10.3 Å². The largest absolute Gasteiger partial charge is 0.383 e. The average molecular weight is 467 g/mol. The van der Waals surface area contributed by atoms with Crippen LogP contribution in [0, 0.1) is 6.92 Å². The lowest BCUT2D eigenvalue weighted by atomic mass is 10.2. The van der Waals surface area contributed by atoms with E-state index in [1.165, 1.54) is 31.4 Å². The zero-order valence-electron chi connectivity index (χ0n) is 16.7. The third-order valence-corrected chi connectivity index (χ3v) is 9.20. The van der Waals surface area contributed by atoms with E-state index >= 15 is 0 Å². The van der Waals surface area contributed by atoms with Crippen LogP contribution in [0.2, 0.25) is 0 Å². The molecule has 0 bridgehead atoms. The fourth-order valence-electron chi connectivity index (χ4n) is 2.72. The third kappa shape index (κ3) is 4.56. The number of nitrogens with one attached hydrogen (secondary N) is 1. The zero-order chi connectivity index (χ0) is 21.9. The lowest BCUT2D eigenvalue weighted by Crippen LogP contribution is -2.21. The maximum Gasteiger partial charge on any atom is 0.233 e. The molecule has 7 nitrogen and oxygen atoms in total. The van der Waals surface area contributed by atoms with Crippen LogP contribution < -0.4 is 5.32 Å². The Morgan fingerprint density at radius 2 is 1.57 bits per heavy atom. The molecule has 1 N–H and O–H groups in total. The molecule has 160 valence electrons. The Bertz CT molecular complexity index is 1220. The number of rotatable bonds is 8. The first-order valence-corrected chi connectivity index (χ1v) is 12.8. The van der Waals surface area contributed by atoms with Crippen molar-refractivity contribution in [2.24, 2.45) is 0 Å². The van der Waals surface area contributed by atoms with Gasteiger partial charge in [0.15, 0.2) is 5.03 Å². The van der Waals surface area contributed by atoms with E-state index < -0.39 is 19.7 Å². The van der Waals surface area contributed by atoms with Crippen molar-refractivity contribution >= 4 is 36.0 Å². The number of nitrogens with zero attached hydrogens (tertiary/aromatic N) is 1. The van der Waals surface area contributed by atoms with Crippen LogP contribution in [0.1, 0.15) is 12.5 Å². The van der Waals surface area contributed by atoms with Gasteiger partial charge in [-0.2, -0.15) is 0 Å². The first-order chi connectivity index (χ1) is 14.2. The normalized spacial score (nSPS) is 13.2. The smallest absolute Gasteiger partial charge is 0.233 e. The number of methoxy groups -OCH3 is 1. The number of aromatic nitrogens is 1. The predicted molar refractivity (Wildman–Crippen MR) is 116 cm³/mol. The van der Waals surface area contributed by atoms with Crippen LogP contribution in [-0.4, -0.2) is 41.6 Å². The van der Waals surface area contributed by atoms with Crippen molar-refractivity contribution in [1.82, 2.24) is 4.98 Å². The molecule has 1 aromatic heterocycles. The molecule has 0 aliphatic rings. The standard InChI is InChI=1S/C20H22N2O5S3/c1-14-9-11-17(12-10-14)29(23,24)19-18(21-15(2)13-27-3)28-20(22-19)30(25,26)16-7-5-4-6-8-16/h4-12,15,21H,13H2,1-3H3. The highest BCUT2D eigenvalue weighted by atomic mass is 32.2. The van der Waals surface area contributed by atoms with E-state index in [9.17, 15) is 16.8 Å². The number of sulfone groups is 2. The predicted octanol–water partition coefficient (Wildman–Crippen LogP) is 3.56. The summed E-state index contributed by atoms with van der Waals surface area (Å²) >= 11 is 0.795. The van der Waals surface area contributed by atoms with Crippen molar-refractivity contribution < 1.29 is 21.6 Å². The van der Waals surface area contributed by atoms with Crippen LogP contribution in [0.25, 0.3) is 0 Å². The van der Waals surface area contributed by atoms with E-state index in [4.69, 9.17) is 4.74 Å². The number of hydrogen-bond acceptors (Lipinski definition) is 8. The molecular formula is C20H22N2O5S3. The number of aryl methyl sites for hydroxylation is 1. The van der Waals surface area contributed by atoms with Gasteiger partial charge in [0.2, 0.25) is 24.0 Å². The van der Waals surface area contributed by atoms with Crippen molar-refractivity contribution in [2.75, 3.05) is 19.0 Å². The van der Waals surface area contributed by atoms with Crippen LogP contribution in [0.3, 0.4) is 0 Å². The maximum atomic E-state index is 13.3. The second-order valence-corrected chi connectivity index (χ2v) is 11.7. The van der Waals surface area contributed by atoms with Gasteiger partial charge in [-0.15, -0.1) is 0 Å². The van der Waals surface area contributed by atoms with Crippen LogP contribution in [0.5, 0.6) is 0 Å². The summed E-state index contributed by atoms with van der Waals surface area (Å²) in [4.78, 5) is 4.18. The molecule has 0 fully saturated rings. The highest BCUT2D eigenvalue weighted by molar-refractivity contribution is 7.94. The van der Waals surface area contributed by atoms with Crippen molar-refractivity contribution in [1.29, 1.82) is 0 Å². The monoisotopic (exact) mass is 466 g/mol. The molecule has 0 saturated carbocycles. The maximum absolute atomic E-state index is 13.3. The first-order valence-electron chi connectivity index (χ1n) is 9.04. The second kappa shape index (κ2) is 8.84. The summed E-state index contributed by atoms with van der Waals surface area (Å²) < 4.78 is 57.4. The first kappa shape index (κ1) is 22.4. The molecule has 3 rings (SSSR count). The molecule has 2 aromatic carbocycles. The average Bonchev–Trinajstić information content (AvgIpc) is 3.14. The summed E-state index contributed by atoms with van der Waals surface area (Å²) in [6.07, 6.45) is 0. The SMILES string of the molecule is COCC(C)Nc1sc(S(=O)(=O)c2ccccc2)nc1S(=O)(=O)c1ccc(C)cc1. The lowest BCUT2D eigenvalue weighted by Gasteiger charge is -2.13. The van der Waals surface area contributed by atoms with E-state index in [0.29, 0.717) is 6.61 Å². The summed E-state index contributed by atoms with van der Waals surface area (Å²) in [5, 5.41) is 2.88. The Morgan fingerprint density at radius 1 is 0.967 bits per heavy atom. The number of benzene rings is 2. The Kier molecular flexibility index (Phi) is 6.61. The fraction of sp³-hybridized carbons (Fsp3) is 0.250. The highest BCUT2D eigenvalue weighted by Crippen LogP contribution is 2.37. The van der Waals surface area contributed by atoms with Gasteiger partial charge in [-0.25, -0.2) is 21.8 Å². The summed E-state index contributed by atoms with van der Waals surface area (Å²) in [7, 11) is -6.48. The van der Waals surface area contributed by atoms with Crippen molar-refractivity contribution in [3.63, 3.8) is 0 Å². The van der Waals surface area contributed by atoms with Gasteiger partial charge in [-0.3, -0.25) is 0 Å². The Labute approximate surface area is 180 Å². The van der Waals surface area contributed by atoms with Crippen LogP contribution >= 0.6 is 11.3 Å². The van der Waals surface area contributed by atoms with Gasteiger partial charge in [-0.1, -0.05) is 47.2 Å². The number of anilines is 1. The molecule has 0 saturated heterocycles. The van der Waals surface area contributed by atoms with Crippen LogP contribution in [-0.2, 0) is 24.4 Å². The molecule has 1 atom stereocenters. The van der Waals surface area contributed by atoms with Gasteiger partial charge < -0.3 is 10.1 Å². The minimum atomic E-state index is -4.04. The van der Waals surface area contributed by atoms with Gasteiger partial charge in [-0.05, 0) is 38.1 Å². The quantitative estimate of drug-likeness (QED) is 0.541. The van der Waals surface area contributed by atoms with Crippen LogP contribution in [0.4, 0.5) is 5.00 Å². The topological polar surface area (TPSA) is 102 Å². The lowest BCUT2D eigenvalue weighted by molar-refractivity contribution is 0.190. The van der Waals surface area contributed by atoms with Crippen LogP contribution in [0.15, 0.2) is 73.8 Å². The molecule has 0 amide bonds. The molecule has 0 aliphatic heterocycles. The highest BCUT2D eigenvalue weighted by Gasteiger charge is 2.31. The van der Waals surface area contributed by atoms with Crippen molar-refractivity contribution in [3.05, 3.63) is 60.2 Å². The molecule has 1 heterocycles. The van der Waals surface area contributed by atoms with Gasteiger partial charge in [0.05, 0.1) is 16.4 Å². The summed E-state index contributed by atoms with van der Waals surface area (Å²) in [6.45, 7) is 3.96. The van der Waals surface area contributed by atoms with Crippen molar-refractivity contribution in [2.45, 2.75) is 39.0 Å². The molecule has 0 aliphatic carbocycles. The number of thiazole rings is 1. The number of hydrogen-bond donors (Lipinski definition) is 1. The Morgan fingerprint density at radius 3 is 2.17 bits per heavy atom. The Hall–Kier alpha value is -2.27. The second-order valence-electron chi connectivity index (χ2n) is 6.75. The summed E-state index contributed by atoms with van der Waals surface area (Å²) in [5.41, 5.74) is 0.909. The molecule has 30 heavy (non-hydrogen) atoms. The van der Waals surface area contributed by atoms with Gasteiger partial charge in [0, 0.05) is 13.2 Å². The van der Waals surface area contributed by atoms with E-state index in [0.717, 1.165) is 16.9 Å². The van der Waals surface area contributed by atoms with E-state index in [1.807, 2.05) is 6.92 Å². The molecule has 1 unspecified atom stereocenters. The minimum absolute atomic E-state index is 0.0458. The molecule has 3 aromatic rings. The fourth-order valence-corrected chi connectivity index (χ4v) is 7.13. The van der Waals surface area contributed by atoms with E-state index in [1.54, 1.807) is 37.3 Å². The van der Waals surface area contributed by atoms with Crippen molar-refractivity contribution in [3.8, 4) is 0 Å². The minimum Gasteiger partial charge on any atom is -0.383 e. The summed E-state index contributed by atoms with van der Waals surface area (Å²) in [5.74, 6) is 0. The summed E-state index contributed by atoms with van der Waals surface area (Å²) in [6, 6.07) is 13.9. The van der Waals surface area contributed by atoms with Gasteiger partial charge in [0.25, 0.3) is 0 Å². The Balaban J connectivity index is 2.15.